The van der Waals surface area contributed by atoms with Crippen molar-refractivity contribution in [3.63, 3.8) is 0 Å². The molecule has 12 unspecified atom stereocenters. The van der Waals surface area contributed by atoms with Gasteiger partial charge in [-0.25, -0.2) is 0 Å². The van der Waals surface area contributed by atoms with E-state index in [9.17, 15) is 45.6 Å². The normalized spacial score (nSPS) is 24.2. The SMILES string of the molecule is CC/C=C\C/C=C\C/C=C\C/C=C\CCCCCCCCCCCCCCCCCCCCC(=O)NC(COC1OC(CO)C(OC2OC(CO)C(O)C(O)C2O)C(O)C1O)C(O)CCCCCCCCCCCCCCCCCCC. The number of aliphatic hydroxyl groups excluding tert-OH is 8. The van der Waals surface area contributed by atoms with Crippen LogP contribution in [-0.4, -0.2) is 140 Å². The van der Waals surface area contributed by atoms with Crippen molar-refractivity contribution in [1.29, 1.82) is 0 Å². The number of unbranched alkanes of at least 4 members (excludes halogenated alkanes) is 34. The summed E-state index contributed by atoms with van der Waals surface area (Å²) >= 11 is 0. The van der Waals surface area contributed by atoms with Crippen LogP contribution in [0.15, 0.2) is 48.6 Å². The zero-order valence-corrected chi connectivity index (χ0v) is 52.0. The van der Waals surface area contributed by atoms with Gasteiger partial charge in [0.05, 0.1) is 32.0 Å². The first-order valence-electron chi connectivity index (χ1n) is 33.9. The molecule has 82 heavy (non-hydrogen) atoms. The fraction of sp³-hybridized carbons (Fsp3) is 0.868. The predicted molar refractivity (Wildman–Crippen MR) is 332 cm³/mol. The summed E-state index contributed by atoms with van der Waals surface area (Å²) in [6, 6.07) is -0.828. The second-order valence-corrected chi connectivity index (χ2v) is 23.9. The highest BCUT2D eigenvalue weighted by Crippen LogP contribution is 2.30. The Kier molecular flexibility index (Phi) is 49.3. The topological polar surface area (TPSA) is 228 Å². The van der Waals surface area contributed by atoms with E-state index < -0.39 is 86.8 Å². The van der Waals surface area contributed by atoms with Gasteiger partial charge in [-0.15, -0.1) is 0 Å². The first-order chi connectivity index (χ1) is 40.1. The minimum atomic E-state index is -1.78. The molecule has 0 aromatic carbocycles. The van der Waals surface area contributed by atoms with Crippen LogP contribution < -0.4 is 5.32 Å². The highest BCUT2D eigenvalue weighted by molar-refractivity contribution is 5.76. The quantitative estimate of drug-likeness (QED) is 0.0204. The molecule has 2 heterocycles. The number of allylic oxidation sites excluding steroid dienone is 8. The molecule has 2 rings (SSSR count). The van der Waals surface area contributed by atoms with Crippen molar-refractivity contribution in [1.82, 2.24) is 5.32 Å². The van der Waals surface area contributed by atoms with Crippen molar-refractivity contribution < 1.29 is 64.6 Å². The number of aliphatic hydroxyl groups is 8. The Bertz CT molecular complexity index is 1560. The maximum Gasteiger partial charge on any atom is 0.220 e. The average molecular weight is 1160 g/mol. The lowest BCUT2D eigenvalue weighted by Gasteiger charge is -2.46. The largest absolute Gasteiger partial charge is 0.394 e. The van der Waals surface area contributed by atoms with E-state index in [0.717, 1.165) is 77.0 Å². The zero-order chi connectivity index (χ0) is 59.5. The summed E-state index contributed by atoms with van der Waals surface area (Å²) in [5.74, 6) is -0.203. The lowest BCUT2D eigenvalue weighted by atomic mass is 9.97. The first-order valence-corrected chi connectivity index (χ1v) is 33.9. The molecule has 0 spiro atoms. The predicted octanol–water partition coefficient (Wildman–Crippen LogP) is 13.1. The highest BCUT2D eigenvalue weighted by atomic mass is 16.7. The van der Waals surface area contributed by atoms with Crippen LogP contribution >= 0.6 is 0 Å². The summed E-state index contributed by atoms with van der Waals surface area (Å²) in [6.45, 7) is 2.78. The number of ether oxygens (including phenoxy) is 4. The van der Waals surface area contributed by atoms with E-state index in [-0.39, 0.29) is 12.5 Å². The number of carbonyl (C=O) groups is 1. The Morgan fingerprint density at radius 2 is 0.841 bits per heavy atom. The summed E-state index contributed by atoms with van der Waals surface area (Å²) in [4.78, 5) is 13.3. The van der Waals surface area contributed by atoms with Gasteiger partial charge >= 0.3 is 0 Å². The van der Waals surface area contributed by atoms with Crippen LogP contribution in [0.4, 0.5) is 0 Å². The second kappa shape index (κ2) is 53.2. The first kappa shape index (κ1) is 76.0. The summed E-state index contributed by atoms with van der Waals surface area (Å²) in [6.07, 6.45) is 51.2. The minimum Gasteiger partial charge on any atom is -0.394 e. The molecule has 12 atom stereocenters. The maximum absolute atomic E-state index is 13.3. The van der Waals surface area contributed by atoms with Crippen LogP contribution in [0, 0.1) is 0 Å². The van der Waals surface area contributed by atoms with E-state index in [4.69, 9.17) is 18.9 Å². The third-order valence-corrected chi connectivity index (χ3v) is 16.6. The Labute approximate surface area is 499 Å². The fourth-order valence-electron chi connectivity index (χ4n) is 11.2. The molecule has 0 radical (unpaired) electrons. The van der Waals surface area contributed by atoms with E-state index in [2.05, 4.69) is 67.8 Å². The molecule has 1 amide bonds. The number of hydrogen-bond acceptors (Lipinski definition) is 13. The molecule has 0 saturated carbocycles. The van der Waals surface area contributed by atoms with Crippen LogP contribution in [-0.2, 0) is 23.7 Å². The minimum absolute atomic E-state index is 0.203. The Balaban J connectivity index is 1.64. The van der Waals surface area contributed by atoms with Crippen molar-refractivity contribution in [2.45, 2.75) is 357 Å². The van der Waals surface area contributed by atoms with Gasteiger partial charge in [0.2, 0.25) is 5.91 Å². The molecule has 2 aliphatic rings. The highest BCUT2D eigenvalue weighted by Gasteiger charge is 2.51. The third kappa shape index (κ3) is 37.5. The zero-order valence-electron chi connectivity index (χ0n) is 52.0. The molecule has 2 aliphatic heterocycles. The molecular formula is C68H125NO13. The van der Waals surface area contributed by atoms with E-state index in [1.807, 2.05) is 0 Å². The lowest BCUT2D eigenvalue weighted by Crippen LogP contribution is -2.65. The molecule has 14 heteroatoms. The van der Waals surface area contributed by atoms with Crippen LogP contribution in [0.1, 0.15) is 284 Å². The molecule has 0 aliphatic carbocycles. The fourth-order valence-corrected chi connectivity index (χ4v) is 11.2. The van der Waals surface area contributed by atoms with Crippen molar-refractivity contribution in [2.24, 2.45) is 0 Å². The number of nitrogens with one attached hydrogen (secondary N) is 1. The van der Waals surface area contributed by atoms with Gasteiger partial charge in [-0.3, -0.25) is 4.79 Å². The molecule has 0 aromatic rings. The van der Waals surface area contributed by atoms with Crippen LogP contribution in [0.5, 0.6) is 0 Å². The van der Waals surface area contributed by atoms with Gasteiger partial charge in [-0.1, -0.05) is 274 Å². The van der Waals surface area contributed by atoms with Crippen molar-refractivity contribution in [3.05, 3.63) is 48.6 Å². The van der Waals surface area contributed by atoms with E-state index >= 15 is 0 Å². The third-order valence-electron chi connectivity index (χ3n) is 16.6. The second-order valence-electron chi connectivity index (χ2n) is 23.9. The standard InChI is InChI=1S/C68H125NO13/c1-3-5-7-9-11-13-15-17-19-21-22-23-24-25-26-27-28-29-30-31-32-33-34-36-38-40-42-44-46-48-50-52-60(73)69-56(57(72)51-49-47-45-43-41-39-37-35-20-18-16-14-12-10-8-6-4-2)55-79-67-65(78)63(76)66(59(54-71)81-67)82-68-64(77)62(75)61(74)58(53-70)80-68/h5,7,11,13,17,19,22-23,56-59,61-68,70-72,74-78H,3-4,6,8-10,12,14-16,18,20-21,24-55H2,1-2H3,(H,69,73)/b7-5-,13-11-,19-17-,23-22-. The van der Waals surface area contributed by atoms with Crippen molar-refractivity contribution in [3.8, 4) is 0 Å². The van der Waals surface area contributed by atoms with Gasteiger partial charge in [0, 0.05) is 6.42 Å². The number of hydrogen-bond donors (Lipinski definition) is 9. The molecule has 0 bridgehead atoms. The van der Waals surface area contributed by atoms with E-state index in [1.165, 1.54) is 180 Å². The molecule has 14 nitrogen and oxygen atoms in total. The van der Waals surface area contributed by atoms with Crippen molar-refractivity contribution >= 4 is 5.91 Å². The Morgan fingerprint density at radius 3 is 1.29 bits per heavy atom. The van der Waals surface area contributed by atoms with E-state index in [0.29, 0.717) is 12.8 Å². The summed E-state index contributed by atoms with van der Waals surface area (Å²) in [5.41, 5.74) is 0. The average Bonchev–Trinajstić information content (AvgIpc) is 3.52. The summed E-state index contributed by atoms with van der Waals surface area (Å²) in [7, 11) is 0. The van der Waals surface area contributed by atoms with Crippen molar-refractivity contribution in [2.75, 3.05) is 19.8 Å². The summed E-state index contributed by atoms with van der Waals surface area (Å²) < 4.78 is 22.9. The monoisotopic (exact) mass is 1160 g/mol. The van der Waals surface area contributed by atoms with Gasteiger partial charge in [-0.05, 0) is 51.4 Å². The number of rotatable bonds is 55. The van der Waals surface area contributed by atoms with E-state index in [1.54, 1.807) is 0 Å². The van der Waals surface area contributed by atoms with Gasteiger partial charge < -0.3 is 65.1 Å². The smallest absolute Gasteiger partial charge is 0.220 e. The van der Waals surface area contributed by atoms with Gasteiger partial charge in [0.1, 0.15) is 48.8 Å². The molecule has 2 saturated heterocycles. The molecular weight excluding hydrogens is 1040 g/mol. The molecule has 480 valence electrons. The Morgan fingerprint density at radius 1 is 0.451 bits per heavy atom. The maximum atomic E-state index is 13.3. The van der Waals surface area contributed by atoms with Gasteiger partial charge in [0.25, 0.3) is 0 Å². The summed E-state index contributed by atoms with van der Waals surface area (Å²) in [5, 5.41) is 87.5. The van der Waals surface area contributed by atoms with Crippen LogP contribution in [0.3, 0.4) is 0 Å². The number of carbonyl (C=O) groups excluding carboxylic acids is 1. The van der Waals surface area contributed by atoms with Gasteiger partial charge in [0.15, 0.2) is 12.6 Å². The molecule has 0 aromatic heterocycles. The number of amides is 1. The van der Waals surface area contributed by atoms with Crippen LogP contribution in [0.25, 0.3) is 0 Å². The van der Waals surface area contributed by atoms with Crippen LogP contribution in [0.2, 0.25) is 0 Å². The molecule has 2 fully saturated rings. The lowest BCUT2D eigenvalue weighted by molar-refractivity contribution is -0.359. The van der Waals surface area contributed by atoms with Gasteiger partial charge in [-0.2, -0.15) is 0 Å². The Hall–Kier alpha value is -2.05. The molecule has 9 N–H and O–H groups in total.